The van der Waals surface area contributed by atoms with Crippen molar-refractivity contribution in [3.05, 3.63) is 77.3 Å². The SMILES string of the molecule is O=c1on(-c2ccccc2)cc1-c1ccccc1. The maximum atomic E-state index is 11.8. The molecule has 3 aromatic rings. The van der Waals surface area contributed by atoms with E-state index in [2.05, 4.69) is 0 Å². The second-order valence-corrected chi connectivity index (χ2v) is 3.95. The zero-order valence-corrected chi connectivity index (χ0v) is 9.61. The van der Waals surface area contributed by atoms with Crippen LogP contribution in [-0.2, 0) is 0 Å². The van der Waals surface area contributed by atoms with Crippen LogP contribution in [0.1, 0.15) is 0 Å². The fourth-order valence-electron chi connectivity index (χ4n) is 1.85. The molecule has 0 aliphatic rings. The van der Waals surface area contributed by atoms with Gasteiger partial charge in [0.15, 0.2) is 0 Å². The molecule has 0 fully saturated rings. The van der Waals surface area contributed by atoms with Gasteiger partial charge in [-0.3, -0.25) is 0 Å². The van der Waals surface area contributed by atoms with Gasteiger partial charge in [-0.1, -0.05) is 48.5 Å². The third-order valence-electron chi connectivity index (χ3n) is 2.74. The summed E-state index contributed by atoms with van der Waals surface area (Å²) in [6.45, 7) is 0. The molecule has 1 heterocycles. The lowest BCUT2D eigenvalue weighted by molar-refractivity contribution is 0.324. The second-order valence-electron chi connectivity index (χ2n) is 3.95. The molecule has 0 aliphatic carbocycles. The van der Waals surface area contributed by atoms with Gasteiger partial charge in [-0.2, -0.15) is 4.74 Å². The van der Waals surface area contributed by atoms with Gasteiger partial charge in [0, 0.05) is 0 Å². The van der Waals surface area contributed by atoms with E-state index in [-0.39, 0.29) is 5.63 Å². The molecule has 0 spiro atoms. The Kier molecular flexibility index (Phi) is 2.57. The van der Waals surface area contributed by atoms with Crippen LogP contribution in [0.3, 0.4) is 0 Å². The minimum Gasteiger partial charge on any atom is -0.331 e. The molecule has 0 N–H and O–H groups in total. The molecular weight excluding hydrogens is 226 g/mol. The Hall–Kier alpha value is -2.55. The first-order valence-corrected chi connectivity index (χ1v) is 5.68. The largest absolute Gasteiger partial charge is 0.365 e. The van der Waals surface area contributed by atoms with E-state index in [0.29, 0.717) is 5.56 Å². The molecule has 0 amide bonds. The Labute approximate surface area is 104 Å². The Bertz CT molecular complexity index is 696. The molecule has 0 saturated carbocycles. The molecule has 3 rings (SSSR count). The van der Waals surface area contributed by atoms with Gasteiger partial charge in [0.05, 0.1) is 17.4 Å². The molecule has 0 aliphatic heterocycles. The second kappa shape index (κ2) is 4.37. The molecule has 0 bridgehead atoms. The van der Waals surface area contributed by atoms with E-state index in [9.17, 15) is 4.79 Å². The van der Waals surface area contributed by atoms with Crippen molar-refractivity contribution in [3.63, 3.8) is 0 Å². The summed E-state index contributed by atoms with van der Waals surface area (Å²) in [6, 6.07) is 19.0. The minimum atomic E-state index is -0.329. The monoisotopic (exact) mass is 237 g/mol. The van der Waals surface area contributed by atoms with E-state index in [1.807, 2.05) is 60.7 Å². The van der Waals surface area contributed by atoms with Crippen LogP contribution in [0, 0.1) is 0 Å². The van der Waals surface area contributed by atoms with Gasteiger partial charge in [-0.15, -0.1) is 0 Å². The Balaban J connectivity index is 2.10. The van der Waals surface area contributed by atoms with Gasteiger partial charge in [-0.25, -0.2) is 4.79 Å². The summed E-state index contributed by atoms with van der Waals surface area (Å²) >= 11 is 0. The van der Waals surface area contributed by atoms with Crippen molar-refractivity contribution < 1.29 is 4.52 Å². The van der Waals surface area contributed by atoms with Crippen LogP contribution < -0.4 is 5.63 Å². The molecule has 0 radical (unpaired) electrons. The Morgan fingerprint density at radius 1 is 0.833 bits per heavy atom. The van der Waals surface area contributed by atoms with Crippen molar-refractivity contribution in [1.82, 2.24) is 4.74 Å². The highest BCUT2D eigenvalue weighted by Gasteiger charge is 2.09. The molecule has 3 nitrogen and oxygen atoms in total. The summed E-state index contributed by atoms with van der Waals surface area (Å²) in [7, 11) is 0. The fraction of sp³-hybridized carbons (Fsp3) is 0. The third-order valence-corrected chi connectivity index (χ3v) is 2.74. The molecule has 3 heteroatoms. The van der Waals surface area contributed by atoms with Gasteiger partial charge in [0.25, 0.3) is 0 Å². The van der Waals surface area contributed by atoms with Crippen LogP contribution in [0.4, 0.5) is 0 Å². The summed E-state index contributed by atoms with van der Waals surface area (Å²) < 4.78 is 6.71. The molecule has 88 valence electrons. The molecule has 18 heavy (non-hydrogen) atoms. The zero-order chi connectivity index (χ0) is 12.4. The maximum absolute atomic E-state index is 11.8. The minimum absolute atomic E-state index is 0.329. The first-order chi connectivity index (χ1) is 8.84. The standard InChI is InChI=1S/C15H11NO2/c17-15-14(12-7-3-1-4-8-12)11-16(18-15)13-9-5-2-6-10-13/h1-11H. The summed E-state index contributed by atoms with van der Waals surface area (Å²) in [5.74, 6) is 0. The van der Waals surface area contributed by atoms with Crippen molar-refractivity contribution in [2.24, 2.45) is 0 Å². The third kappa shape index (κ3) is 1.86. The lowest BCUT2D eigenvalue weighted by atomic mass is 10.1. The quantitative estimate of drug-likeness (QED) is 0.686. The van der Waals surface area contributed by atoms with E-state index >= 15 is 0 Å². The number of hydrogen-bond donors (Lipinski definition) is 0. The lowest BCUT2D eigenvalue weighted by Gasteiger charge is -1.97. The summed E-state index contributed by atoms with van der Waals surface area (Å²) in [6.07, 6.45) is 1.72. The first-order valence-electron chi connectivity index (χ1n) is 5.68. The number of para-hydroxylation sites is 1. The number of rotatable bonds is 2. The van der Waals surface area contributed by atoms with Crippen LogP contribution in [0.25, 0.3) is 16.8 Å². The molecule has 2 aromatic carbocycles. The van der Waals surface area contributed by atoms with Crippen molar-refractivity contribution in [1.29, 1.82) is 0 Å². The van der Waals surface area contributed by atoms with Crippen molar-refractivity contribution in [2.45, 2.75) is 0 Å². The summed E-state index contributed by atoms with van der Waals surface area (Å²) in [5.41, 5.74) is 1.93. The van der Waals surface area contributed by atoms with Crippen LogP contribution in [0.5, 0.6) is 0 Å². The molecular formula is C15H11NO2. The summed E-state index contributed by atoms with van der Waals surface area (Å²) in [5, 5.41) is 0. The lowest BCUT2D eigenvalue weighted by Crippen LogP contribution is -1.96. The van der Waals surface area contributed by atoms with E-state index < -0.39 is 0 Å². The predicted molar refractivity (Wildman–Crippen MR) is 69.7 cm³/mol. The average Bonchev–Trinajstić information content (AvgIpc) is 2.83. The van der Waals surface area contributed by atoms with Crippen LogP contribution in [0.15, 0.2) is 76.2 Å². The predicted octanol–water partition coefficient (Wildman–Crippen LogP) is 3.10. The van der Waals surface area contributed by atoms with Gasteiger partial charge in [0.1, 0.15) is 0 Å². The Morgan fingerprint density at radius 3 is 2.11 bits per heavy atom. The Morgan fingerprint density at radius 2 is 1.44 bits per heavy atom. The smallest absolute Gasteiger partial charge is 0.331 e. The van der Waals surface area contributed by atoms with Gasteiger partial charge < -0.3 is 4.52 Å². The normalized spacial score (nSPS) is 10.4. The summed E-state index contributed by atoms with van der Waals surface area (Å²) in [4.78, 5) is 11.8. The van der Waals surface area contributed by atoms with Gasteiger partial charge in [0.2, 0.25) is 0 Å². The van der Waals surface area contributed by atoms with Gasteiger partial charge >= 0.3 is 5.63 Å². The highest BCUT2D eigenvalue weighted by atomic mass is 16.5. The number of nitrogens with zero attached hydrogens (tertiary/aromatic N) is 1. The fourth-order valence-corrected chi connectivity index (χ4v) is 1.85. The van der Waals surface area contributed by atoms with Crippen molar-refractivity contribution >= 4 is 0 Å². The van der Waals surface area contributed by atoms with E-state index in [4.69, 9.17) is 4.52 Å². The highest BCUT2D eigenvalue weighted by Crippen LogP contribution is 2.17. The first kappa shape index (κ1) is 10.6. The topological polar surface area (TPSA) is 35.1 Å². The maximum Gasteiger partial charge on any atom is 0.365 e. The average molecular weight is 237 g/mol. The van der Waals surface area contributed by atoms with Crippen molar-refractivity contribution in [3.8, 4) is 16.8 Å². The highest BCUT2D eigenvalue weighted by molar-refractivity contribution is 5.61. The number of benzene rings is 2. The van der Waals surface area contributed by atoms with E-state index in [1.165, 1.54) is 4.74 Å². The molecule has 0 atom stereocenters. The number of aromatic nitrogens is 1. The van der Waals surface area contributed by atoms with Crippen LogP contribution in [0.2, 0.25) is 0 Å². The zero-order valence-electron chi connectivity index (χ0n) is 9.61. The van der Waals surface area contributed by atoms with Crippen molar-refractivity contribution in [2.75, 3.05) is 0 Å². The van der Waals surface area contributed by atoms with Crippen LogP contribution >= 0.6 is 0 Å². The molecule has 0 unspecified atom stereocenters. The van der Waals surface area contributed by atoms with Gasteiger partial charge in [-0.05, 0) is 17.7 Å². The molecule has 1 aromatic heterocycles. The molecule has 0 saturated heterocycles. The van der Waals surface area contributed by atoms with E-state index in [0.717, 1.165) is 11.3 Å². The number of hydrogen-bond acceptors (Lipinski definition) is 2. The van der Waals surface area contributed by atoms with Crippen LogP contribution in [-0.4, -0.2) is 4.74 Å². The van der Waals surface area contributed by atoms with E-state index in [1.54, 1.807) is 6.20 Å².